The Kier molecular flexibility index (Phi) is 5.24. The van der Waals surface area contributed by atoms with Crippen molar-refractivity contribution in [2.75, 3.05) is 0 Å². The molecule has 0 aromatic rings. The Morgan fingerprint density at radius 1 is 1.29 bits per heavy atom. The second-order valence-electron chi connectivity index (χ2n) is 5.00. The van der Waals surface area contributed by atoms with Crippen LogP contribution in [0.15, 0.2) is 12.2 Å². The summed E-state index contributed by atoms with van der Waals surface area (Å²) in [4.78, 5) is 0. The highest BCUT2D eigenvalue weighted by Gasteiger charge is 2.11. The molecular weight excluding hydrogens is 170 g/mol. The second-order valence-corrected chi connectivity index (χ2v) is 5.00. The lowest BCUT2D eigenvalue weighted by Crippen LogP contribution is -2.36. The van der Waals surface area contributed by atoms with Crippen LogP contribution < -0.4 is 5.32 Å². The van der Waals surface area contributed by atoms with Crippen LogP contribution in [-0.4, -0.2) is 12.1 Å². The molecule has 82 valence electrons. The molecule has 0 radical (unpaired) electrons. The van der Waals surface area contributed by atoms with Crippen LogP contribution >= 0.6 is 0 Å². The van der Waals surface area contributed by atoms with Gasteiger partial charge in [0.25, 0.3) is 0 Å². The van der Waals surface area contributed by atoms with Gasteiger partial charge in [0.05, 0.1) is 0 Å². The van der Waals surface area contributed by atoms with Gasteiger partial charge < -0.3 is 5.32 Å². The molecule has 0 saturated carbocycles. The molecular formula is C13H25N. The lowest BCUT2D eigenvalue weighted by atomic mass is 10.00. The first-order chi connectivity index (χ1) is 6.68. The highest BCUT2D eigenvalue weighted by molar-refractivity contribution is 4.98. The molecule has 0 aliphatic heterocycles. The largest absolute Gasteiger partial charge is 0.308 e. The average molecular weight is 195 g/mol. The van der Waals surface area contributed by atoms with E-state index in [0.717, 1.165) is 5.92 Å². The quantitative estimate of drug-likeness (QED) is 0.662. The van der Waals surface area contributed by atoms with E-state index in [9.17, 15) is 0 Å². The molecule has 1 aliphatic rings. The van der Waals surface area contributed by atoms with E-state index in [2.05, 4.69) is 38.2 Å². The molecule has 0 amide bonds. The molecule has 2 atom stereocenters. The molecule has 1 N–H and O–H groups in total. The minimum Gasteiger partial charge on any atom is -0.308 e. The Morgan fingerprint density at radius 3 is 2.64 bits per heavy atom. The first-order valence-electron chi connectivity index (χ1n) is 6.11. The number of rotatable bonds is 5. The summed E-state index contributed by atoms with van der Waals surface area (Å²) >= 11 is 0. The summed E-state index contributed by atoms with van der Waals surface area (Å²) in [6.07, 6.45) is 11.3. The maximum Gasteiger partial charge on any atom is 0.0252 e. The summed E-state index contributed by atoms with van der Waals surface area (Å²) in [5.74, 6) is 0.834. The molecule has 0 spiro atoms. The van der Waals surface area contributed by atoms with Gasteiger partial charge in [-0.05, 0) is 44.9 Å². The van der Waals surface area contributed by atoms with Gasteiger partial charge in [0, 0.05) is 12.1 Å². The lowest BCUT2D eigenvalue weighted by molar-refractivity contribution is 0.408. The molecule has 0 fully saturated rings. The zero-order chi connectivity index (χ0) is 10.4. The zero-order valence-electron chi connectivity index (χ0n) is 9.92. The fourth-order valence-corrected chi connectivity index (χ4v) is 1.98. The molecule has 0 aromatic heterocycles. The summed E-state index contributed by atoms with van der Waals surface area (Å²) in [6, 6.07) is 1.32. The molecule has 1 nitrogen and oxygen atoms in total. The predicted octanol–water partition coefficient (Wildman–Crippen LogP) is 3.51. The molecule has 0 heterocycles. The van der Waals surface area contributed by atoms with Gasteiger partial charge in [-0.25, -0.2) is 0 Å². The van der Waals surface area contributed by atoms with Gasteiger partial charge in [0.15, 0.2) is 0 Å². The Balaban J connectivity index is 2.15. The molecule has 0 saturated heterocycles. The summed E-state index contributed by atoms with van der Waals surface area (Å²) in [5, 5.41) is 3.69. The van der Waals surface area contributed by atoms with E-state index in [4.69, 9.17) is 0 Å². The van der Waals surface area contributed by atoms with Crippen LogP contribution in [0, 0.1) is 5.92 Å². The Bertz CT molecular complexity index is 172. The van der Waals surface area contributed by atoms with E-state index < -0.39 is 0 Å². The van der Waals surface area contributed by atoms with Gasteiger partial charge in [-0.15, -0.1) is 0 Å². The van der Waals surface area contributed by atoms with E-state index in [1.54, 1.807) is 0 Å². The van der Waals surface area contributed by atoms with Crippen molar-refractivity contribution in [2.24, 2.45) is 5.92 Å². The molecule has 0 aromatic carbocycles. The lowest BCUT2D eigenvalue weighted by Gasteiger charge is -2.23. The summed E-state index contributed by atoms with van der Waals surface area (Å²) in [6.45, 7) is 6.91. The second kappa shape index (κ2) is 6.23. The molecule has 1 heteroatoms. The predicted molar refractivity (Wildman–Crippen MR) is 63.4 cm³/mol. The van der Waals surface area contributed by atoms with Crippen LogP contribution in [-0.2, 0) is 0 Å². The maximum atomic E-state index is 3.69. The van der Waals surface area contributed by atoms with Gasteiger partial charge >= 0.3 is 0 Å². The highest BCUT2D eigenvalue weighted by atomic mass is 14.9. The van der Waals surface area contributed by atoms with Crippen molar-refractivity contribution in [3.63, 3.8) is 0 Å². The summed E-state index contributed by atoms with van der Waals surface area (Å²) in [5.41, 5.74) is 0. The molecule has 1 rings (SSSR count). The highest BCUT2D eigenvalue weighted by Crippen LogP contribution is 2.13. The van der Waals surface area contributed by atoms with Crippen LogP contribution in [0.1, 0.15) is 52.9 Å². The van der Waals surface area contributed by atoms with Crippen LogP contribution in [0.4, 0.5) is 0 Å². The fraction of sp³-hybridized carbons (Fsp3) is 0.846. The van der Waals surface area contributed by atoms with Crippen molar-refractivity contribution in [3.8, 4) is 0 Å². The topological polar surface area (TPSA) is 12.0 Å². The van der Waals surface area contributed by atoms with Gasteiger partial charge in [0.1, 0.15) is 0 Å². The van der Waals surface area contributed by atoms with Gasteiger partial charge in [-0.1, -0.05) is 26.0 Å². The fourth-order valence-electron chi connectivity index (χ4n) is 1.98. The number of hydrogen-bond donors (Lipinski definition) is 1. The van der Waals surface area contributed by atoms with Crippen molar-refractivity contribution in [1.82, 2.24) is 5.32 Å². The Morgan fingerprint density at radius 2 is 2.07 bits per heavy atom. The average Bonchev–Trinajstić information content (AvgIpc) is 2.16. The zero-order valence-corrected chi connectivity index (χ0v) is 9.92. The smallest absolute Gasteiger partial charge is 0.0252 e. The number of nitrogens with one attached hydrogen (secondary N) is 1. The van der Waals surface area contributed by atoms with E-state index in [1.165, 1.54) is 32.1 Å². The standard InChI is InChI=1S/C13H25N/c1-11(2)9-10-12(3)14-13-7-5-4-6-8-13/h5,7,11-14H,4,6,8-10H2,1-3H3. The van der Waals surface area contributed by atoms with Crippen LogP contribution in [0.25, 0.3) is 0 Å². The molecule has 0 bridgehead atoms. The van der Waals surface area contributed by atoms with Crippen molar-refractivity contribution >= 4 is 0 Å². The third kappa shape index (κ3) is 4.80. The van der Waals surface area contributed by atoms with Crippen molar-refractivity contribution < 1.29 is 0 Å². The van der Waals surface area contributed by atoms with Gasteiger partial charge in [-0.2, -0.15) is 0 Å². The van der Waals surface area contributed by atoms with Crippen molar-refractivity contribution in [2.45, 2.75) is 65.0 Å². The minimum absolute atomic E-state index is 0.644. The Hall–Kier alpha value is -0.300. The number of allylic oxidation sites excluding steroid dienone is 1. The van der Waals surface area contributed by atoms with Crippen LogP contribution in [0.3, 0.4) is 0 Å². The van der Waals surface area contributed by atoms with E-state index >= 15 is 0 Å². The summed E-state index contributed by atoms with van der Waals surface area (Å²) < 4.78 is 0. The SMILES string of the molecule is CC(C)CCC(C)NC1C=CCCC1. The third-order valence-electron chi connectivity index (χ3n) is 2.93. The number of hydrogen-bond acceptors (Lipinski definition) is 1. The van der Waals surface area contributed by atoms with E-state index in [0.29, 0.717) is 12.1 Å². The van der Waals surface area contributed by atoms with Gasteiger partial charge in [-0.3, -0.25) is 0 Å². The normalized spacial score (nSPS) is 24.1. The molecule has 1 aliphatic carbocycles. The van der Waals surface area contributed by atoms with Crippen LogP contribution in [0.2, 0.25) is 0 Å². The van der Waals surface area contributed by atoms with Crippen molar-refractivity contribution in [3.05, 3.63) is 12.2 Å². The molecule has 2 unspecified atom stereocenters. The third-order valence-corrected chi connectivity index (χ3v) is 2.93. The Labute approximate surface area is 89.0 Å². The van der Waals surface area contributed by atoms with Crippen molar-refractivity contribution in [1.29, 1.82) is 0 Å². The monoisotopic (exact) mass is 195 g/mol. The first-order valence-corrected chi connectivity index (χ1v) is 6.11. The summed E-state index contributed by atoms with van der Waals surface area (Å²) in [7, 11) is 0. The maximum absolute atomic E-state index is 3.69. The van der Waals surface area contributed by atoms with E-state index in [-0.39, 0.29) is 0 Å². The molecule has 14 heavy (non-hydrogen) atoms. The first kappa shape index (κ1) is 11.8. The minimum atomic E-state index is 0.644. The van der Waals surface area contributed by atoms with E-state index in [1.807, 2.05) is 0 Å². The van der Waals surface area contributed by atoms with Crippen LogP contribution in [0.5, 0.6) is 0 Å². The van der Waals surface area contributed by atoms with Gasteiger partial charge in [0.2, 0.25) is 0 Å².